The maximum atomic E-state index is 13.5. The Balaban J connectivity index is 1.65. The van der Waals surface area contributed by atoms with Gasteiger partial charge in [-0.2, -0.15) is 0 Å². The summed E-state index contributed by atoms with van der Waals surface area (Å²) in [5, 5.41) is 4.01. The van der Waals surface area contributed by atoms with Crippen LogP contribution in [-0.4, -0.2) is 60.5 Å². The minimum absolute atomic E-state index is 0.166. The molecule has 1 amide bonds. The monoisotopic (exact) mass is 483 g/mol. The molecule has 0 spiro atoms. The highest BCUT2D eigenvalue weighted by molar-refractivity contribution is 7.24. The van der Waals surface area contributed by atoms with Gasteiger partial charge in [-0.1, -0.05) is 11.6 Å². The topological polar surface area (TPSA) is 70.0 Å². The molecule has 1 unspecified atom stereocenters. The predicted molar refractivity (Wildman–Crippen MR) is 136 cm³/mol. The van der Waals surface area contributed by atoms with Gasteiger partial charge >= 0.3 is 0 Å². The average molecular weight is 484 g/mol. The lowest BCUT2D eigenvalue weighted by atomic mass is 10.1. The van der Waals surface area contributed by atoms with Gasteiger partial charge in [0.2, 0.25) is 5.43 Å². The second-order valence-corrected chi connectivity index (χ2v) is 10.3. The molecule has 0 saturated carbocycles. The number of hydrogen-bond donors (Lipinski definition) is 1. The molecule has 1 N–H and O–H groups in total. The van der Waals surface area contributed by atoms with Crippen LogP contribution >= 0.6 is 22.9 Å². The summed E-state index contributed by atoms with van der Waals surface area (Å²) in [7, 11) is 5.93. The standard InChI is InChI=1S/C24H26ClN5O2S/c1-28(2)19-9-7-16-21(31)20(23(32)26-11-10-15-5-4-12-29(15)3)24-30(22(16)27-19)17-13-14(25)6-8-18(17)33-24/h6-9,13,15H,4-5,10-12H2,1-3H3,(H,26,32). The van der Waals surface area contributed by atoms with Gasteiger partial charge in [-0.25, -0.2) is 4.98 Å². The van der Waals surface area contributed by atoms with E-state index in [0.717, 1.165) is 35.4 Å². The summed E-state index contributed by atoms with van der Waals surface area (Å²) in [5.41, 5.74) is 1.23. The third-order valence-electron chi connectivity index (χ3n) is 6.45. The first-order valence-electron chi connectivity index (χ1n) is 11.1. The zero-order valence-corrected chi connectivity index (χ0v) is 20.5. The van der Waals surface area contributed by atoms with Crippen molar-refractivity contribution in [3.05, 3.63) is 51.1 Å². The fourth-order valence-corrected chi connectivity index (χ4v) is 5.96. The number of aromatic nitrogens is 2. The minimum Gasteiger partial charge on any atom is -0.363 e. The molecule has 1 aromatic carbocycles. The summed E-state index contributed by atoms with van der Waals surface area (Å²) in [6, 6.07) is 9.62. The van der Waals surface area contributed by atoms with Gasteiger partial charge < -0.3 is 15.1 Å². The highest BCUT2D eigenvalue weighted by Crippen LogP contribution is 2.33. The molecule has 1 aliphatic rings. The van der Waals surface area contributed by atoms with Crippen LogP contribution in [0.25, 0.3) is 26.1 Å². The molecule has 0 aliphatic carbocycles. The van der Waals surface area contributed by atoms with E-state index in [0.29, 0.717) is 33.5 Å². The van der Waals surface area contributed by atoms with Crippen LogP contribution in [0.1, 0.15) is 29.6 Å². The number of nitrogens with zero attached hydrogens (tertiary/aromatic N) is 4. The van der Waals surface area contributed by atoms with Crippen LogP contribution in [0.5, 0.6) is 0 Å². The van der Waals surface area contributed by atoms with Gasteiger partial charge in [0, 0.05) is 31.7 Å². The van der Waals surface area contributed by atoms with Gasteiger partial charge in [-0.3, -0.25) is 14.0 Å². The molecule has 7 nitrogen and oxygen atoms in total. The smallest absolute Gasteiger partial charge is 0.258 e. The van der Waals surface area contributed by atoms with E-state index in [-0.39, 0.29) is 16.9 Å². The third-order valence-corrected chi connectivity index (χ3v) is 7.83. The van der Waals surface area contributed by atoms with Crippen molar-refractivity contribution in [2.45, 2.75) is 25.3 Å². The van der Waals surface area contributed by atoms with Crippen molar-refractivity contribution in [1.82, 2.24) is 19.6 Å². The van der Waals surface area contributed by atoms with E-state index in [9.17, 15) is 9.59 Å². The van der Waals surface area contributed by atoms with Gasteiger partial charge in [0.25, 0.3) is 5.91 Å². The SMILES string of the molecule is CN(C)c1ccc2c(=O)c(C(=O)NCCC3CCCN3C)c3sc4ccc(Cl)cc4n3c2n1. The van der Waals surface area contributed by atoms with Crippen molar-refractivity contribution < 1.29 is 4.79 Å². The number of nitrogens with one attached hydrogen (secondary N) is 1. The van der Waals surface area contributed by atoms with Crippen molar-refractivity contribution in [2.75, 3.05) is 39.1 Å². The number of carbonyl (C=O) groups is 1. The second-order valence-electron chi connectivity index (χ2n) is 8.82. The van der Waals surface area contributed by atoms with Crippen LogP contribution < -0.4 is 15.6 Å². The summed E-state index contributed by atoms with van der Waals surface area (Å²) >= 11 is 7.71. The Bertz CT molecular complexity index is 1440. The molecule has 3 aromatic heterocycles. The first kappa shape index (κ1) is 22.1. The molecule has 33 heavy (non-hydrogen) atoms. The van der Waals surface area contributed by atoms with Crippen LogP contribution in [0.4, 0.5) is 5.82 Å². The summed E-state index contributed by atoms with van der Waals surface area (Å²) in [4.78, 5) is 36.4. The third kappa shape index (κ3) is 3.86. The highest BCUT2D eigenvalue weighted by Gasteiger charge is 2.24. The molecule has 172 valence electrons. The number of thiazole rings is 1. The molecule has 0 bridgehead atoms. The van der Waals surface area contributed by atoms with E-state index >= 15 is 0 Å². The normalized spacial score (nSPS) is 16.8. The first-order valence-corrected chi connectivity index (χ1v) is 12.3. The number of benzene rings is 1. The zero-order valence-electron chi connectivity index (χ0n) is 18.9. The molecule has 1 atom stereocenters. The number of carbonyl (C=O) groups excluding carboxylic acids is 1. The first-order chi connectivity index (χ1) is 15.8. The lowest BCUT2D eigenvalue weighted by Crippen LogP contribution is -2.34. The van der Waals surface area contributed by atoms with Crippen LogP contribution in [0.3, 0.4) is 0 Å². The predicted octanol–water partition coefficient (Wildman–Crippen LogP) is 4.00. The Morgan fingerprint density at radius 2 is 2.12 bits per heavy atom. The molecule has 0 radical (unpaired) electrons. The zero-order chi connectivity index (χ0) is 23.3. The average Bonchev–Trinajstić information content (AvgIpc) is 3.36. The Kier molecular flexibility index (Phi) is 5.76. The summed E-state index contributed by atoms with van der Waals surface area (Å²) in [5.74, 6) is 0.393. The quantitative estimate of drug-likeness (QED) is 0.464. The molecule has 1 aliphatic heterocycles. The van der Waals surface area contributed by atoms with Crippen molar-refractivity contribution >= 4 is 60.7 Å². The van der Waals surface area contributed by atoms with Gasteiger partial charge in [-0.05, 0) is 63.2 Å². The highest BCUT2D eigenvalue weighted by atomic mass is 35.5. The number of likely N-dealkylation sites (tertiary alicyclic amines) is 1. The van der Waals surface area contributed by atoms with Crippen LogP contribution in [0.15, 0.2) is 35.1 Å². The van der Waals surface area contributed by atoms with E-state index in [2.05, 4.69) is 17.3 Å². The molecular formula is C24H26ClN5O2S. The lowest BCUT2D eigenvalue weighted by Gasteiger charge is -2.19. The Morgan fingerprint density at radius 1 is 1.30 bits per heavy atom. The van der Waals surface area contributed by atoms with Crippen LogP contribution in [0.2, 0.25) is 5.02 Å². The van der Waals surface area contributed by atoms with Crippen LogP contribution in [-0.2, 0) is 0 Å². The van der Waals surface area contributed by atoms with Crippen LogP contribution in [0, 0.1) is 0 Å². The Labute approximate surface area is 200 Å². The van der Waals surface area contributed by atoms with Gasteiger partial charge in [0.15, 0.2) is 5.65 Å². The number of pyridine rings is 2. The minimum atomic E-state index is -0.339. The molecule has 5 rings (SSSR count). The molecule has 4 heterocycles. The largest absolute Gasteiger partial charge is 0.363 e. The fourth-order valence-electron chi connectivity index (χ4n) is 4.64. The summed E-state index contributed by atoms with van der Waals surface area (Å²) < 4.78 is 2.83. The van der Waals surface area contributed by atoms with E-state index in [1.807, 2.05) is 41.6 Å². The van der Waals surface area contributed by atoms with Crippen molar-refractivity contribution in [3.63, 3.8) is 0 Å². The lowest BCUT2D eigenvalue weighted by molar-refractivity contribution is 0.0951. The fraction of sp³-hybridized carbons (Fsp3) is 0.375. The second kappa shape index (κ2) is 8.59. The number of rotatable bonds is 5. The number of hydrogen-bond acceptors (Lipinski definition) is 6. The Morgan fingerprint density at radius 3 is 2.85 bits per heavy atom. The molecule has 9 heteroatoms. The van der Waals surface area contributed by atoms with Gasteiger partial charge in [0.1, 0.15) is 16.2 Å². The van der Waals surface area contributed by atoms with Crippen molar-refractivity contribution in [1.29, 1.82) is 0 Å². The molecule has 1 saturated heterocycles. The van der Waals surface area contributed by atoms with E-state index in [1.54, 1.807) is 12.1 Å². The van der Waals surface area contributed by atoms with Gasteiger partial charge in [-0.15, -0.1) is 11.3 Å². The molecule has 4 aromatic rings. The summed E-state index contributed by atoms with van der Waals surface area (Å²) in [6.45, 7) is 1.63. The number of fused-ring (bicyclic) bond motifs is 5. The van der Waals surface area contributed by atoms with E-state index < -0.39 is 0 Å². The Hall–Kier alpha value is -2.68. The van der Waals surface area contributed by atoms with Gasteiger partial charge in [0.05, 0.1) is 15.6 Å². The van der Waals surface area contributed by atoms with Crippen molar-refractivity contribution in [3.8, 4) is 0 Å². The summed E-state index contributed by atoms with van der Waals surface area (Å²) in [6.07, 6.45) is 3.20. The number of anilines is 1. The molecular weight excluding hydrogens is 458 g/mol. The maximum Gasteiger partial charge on any atom is 0.258 e. The van der Waals surface area contributed by atoms with E-state index in [4.69, 9.17) is 16.6 Å². The van der Waals surface area contributed by atoms with Crippen molar-refractivity contribution in [2.24, 2.45) is 0 Å². The number of halogens is 1. The van der Waals surface area contributed by atoms with E-state index in [1.165, 1.54) is 17.8 Å². The molecule has 1 fully saturated rings. The number of amides is 1. The maximum absolute atomic E-state index is 13.5.